The molecular formula is C18H17F3N2O5S2. The number of pyridine rings is 1. The molecule has 1 aromatic heterocycles. The van der Waals surface area contributed by atoms with E-state index in [-0.39, 0.29) is 16.6 Å². The molecule has 12 heteroatoms. The first-order valence-corrected chi connectivity index (χ1v) is 11.6. The van der Waals surface area contributed by atoms with Gasteiger partial charge in [-0.3, -0.25) is 4.79 Å². The zero-order valence-electron chi connectivity index (χ0n) is 15.6. The standard InChI is InChI=1S/C18H17F3N2O5S2/c1-2-30(27,28)15-7-11(10-3-4-10)9-22-16(15)17(25)23-13-8-12(5-6-14(13)24)29(26)18(19,20)21/h5-10,24H,2-4H2,1H3,(H,23,25). The monoisotopic (exact) mass is 462 g/mol. The summed E-state index contributed by atoms with van der Waals surface area (Å²) < 4.78 is 74.5. The topological polar surface area (TPSA) is 113 Å². The highest BCUT2D eigenvalue weighted by molar-refractivity contribution is 7.91. The van der Waals surface area contributed by atoms with Crippen molar-refractivity contribution in [3.8, 4) is 5.75 Å². The number of phenols is 1. The number of aromatic nitrogens is 1. The Kier molecular flexibility index (Phi) is 5.92. The number of nitrogens with one attached hydrogen (secondary N) is 1. The average molecular weight is 462 g/mol. The highest BCUT2D eigenvalue weighted by atomic mass is 32.2. The maximum absolute atomic E-state index is 12.7. The van der Waals surface area contributed by atoms with Gasteiger partial charge >= 0.3 is 5.51 Å². The van der Waals surface area contributed by atoms with Crippen LogP contribution in [0.5, 0.6) is 5.75 Å². The second kappa shape index (κ2) is 7.99. The third-order valence-electron chi connectivity index (χ3n) is 4.49. The van der Waals surface area contributed by atoms with E-state index in [1.54, 1.807) is 0 Å². The molecular weight excluding hydrogens is 445 g/mol. The Balaban J connectivity index is 1.98. The Morgan fingerprint density at radius 2 is 1.97 bits per heavy atom. The summed E-state index contributed by atoms with van der Waals surface area (Å²) in [5.74, 6) is -1.72. The Hall–Kier alpha value is -2.47. The number of hydrogen-bond donors (Lipinski definition) is 2. The van der Waals surface area contributed by atoms with Crippen molar-refractivity contribution in [3.63, 3.8) is 0 Å². The van der Waals surface area contributed by atoms with Crippen LogP contribution in [0, 0.1) is 0 Å². The summed E-state index contributed by atoms with van der Waals surface area (Å²) in [6.45, 7) is 1.41. The quantitative estimate of drug-likeness (QED) is 0.637. The Bertz CT molecular complexity index is 1130. The molecule has 0 radical (unpaired) electrons. The van der Waals surface area contributed by atoms with Crippen LogP contribution in [0.4, 0.5) is 18.9 Å². The SMILES string of the molecule is CCS(=O)(=O)c1cc(C2CC2)cnc1C(=O)Nc1cc(S(=O)C(F)(F)F)ccc1O. The molecule has 3 rings (SSSR count). The van der Waals surface area contributed by atoms with E-state index in [1.807, 2.05) is 0 Å². The highest BCUT2D eigenvalue weighted by Gasteiger charge is 2.38. The summed E-state index contributed by atoms with van der Waals surface area (Å²) in [5.41, 5.74) is -5.24. The van der Waals surface area contributed by atoms with Gasteiger partial charge in [0.15, 0.2) is 20.6 Å². The smallest absolute Gasteiger partial charge is 0.475 e. The minimum absolute atomic E-state index is 0.179. The molecule has 0 saturated heterocycles. The van der Waals surface area contributed by atoms with Crippen LogP contribution in [-0.2, 0) is 20.6 Å². The van der Waals surface area contributed by atoms with Crippen molar-refractivity contribution in [2.45, 2.75) is 41.0 Å². The number of hydrogen-bond acceptors (Lipinski definition) is 6. The lowest BCUT2D eigenvalue weighted by Crippen LogP contribution is -2.20. The zero-order chi connectivity index (χ0) is 22.3. The van der Waals surface area contributed by atoms with Crippen molar-refractivity contribution in [1.82, 2.24) is 4.98 Å². The molecule has 1 atom stereocenters. The molecule has 0 bridgehead atoms. The zero-order valence-corrected chi connectivity index (χ0v) is 17.2. The van der Waals surface area contributed by atoms with Crippen LogP contribution < -0.4 is 5.32 Å². The van der Waals surface area contributed by atoms with Crippen LogP contribution in [0.25, 0.3) is 0 Å². The lowest BCUT2D eigenvalue weighted by Gasteiger charge is -2.13. The molecule has 1 heterocycles. The van der Waals surface area contributed by atoms with Gasteiger partial charge in [0, 0.05) is 6.20 Å². The lowest BCUT2D eigenvalue weighted by atomic mass is 10.1. The fraction of sp³-hybridized carbons (Fsp3) is 0.333. The van der Waals surface area contributed by atoms with Crippen molar-refractivity contribution in [2.24, 2.45) is 0 Å². The van der Waals surface area contributed by atoms with Crippen LogP contribution in [0.2, 0.25) is 0 Å². The van der Waals surface area contributed by atoms with Crippen LogP contribution in [0.1, 0.15) is 41.7 Å². The van der Waals surface area contributed by atoms with E-state index in [2.05, 4.69) is 10.3 Å². The van der Waals surface area contributed by atoms with Gasteiger partial charge in [-0.25, -0.2) is 17.6 Å². The van der Waals surface area contributed by atoms with E-state index >= 15 is 0 Å². The Morgan fingerprint density at radius 3 is 2.53 bits per heavy atom. The van der Waals surface area contributed by atoms with Crippen LogP contribution in [-0.4, -0.2) is 39.9 Å². The van der Waals surface area contributed by atoms with Crippen LogP contribution in [0.15, 0.2) is 40.3 Å². The van der Waals surface area contributed by atoms with Gasteiger partial charge in [0.05, 0.1) is 21.2 Å². The predicted octanol–water partition coefficient (Wildman–Crippen LogP) is 3.34. The van der Waals surface area contributed by atoms with Crippen molar-refractivity contribution >= 4 is 32.2 Å². The number of anilines is 1. The summed E-state index contributed by atoms with van der Waals surface area (Å²) in [6, 6.07) is 3.75. The third-order valence-corrected chi connectivity index (χ3v) is 7.34. The number of aromatic hydroxyl groups is 1. The summed E-state index contributed by atoms with van der Waals surface area (Å²) in [5, 5.41) is 12.0. The van der Waals surface area contributed by atoms with Crippen molar-refractivity contribution in [1.29, 1.82) is 0 Å². The molecule has 7 nitrogen and oxygen atoms in total. The second-order valence-corrected chi connectivity index (χ2v) is 10.4. The largest absolute Gasteiger partial charge is 0.506 e. The van der Waals surface area contributed by atoms with E-state index in [0.717, 1.165) is 25.0 Å². The minimum Gasteiger partial charge on any atom is -0.506 e. The average Bonchev–Trinajstić information content (AvgIpc) is 3.53. The molecule has 0 spiro atoms. The molecule has 1 fully saturated rings. The van der Waals surface area contributed by atoms with Crippen LogP contribution >= 0.6 is 0 Å². The molecule has 1 aromatic carbocycles. The van der Waals surface area contributed by atoms with Gasteiger partial charge in [0.1, 0.15) is 11.4 Å². The van der Waals surface area contributed by atoms with Crippen LogP contribution in [0.3, 0.4) is 0 Å². The molecule has 162 valence electrons. The number of amides is 1. The van der Waals surface area contributed by atoms with E-state index < -0.39 is 54.1 Å². The molecule has 1 aliphatic carbocycles. The highest BCUT2D eigenvalue weighted by Crippen LogP contribution is 2.40. The number of alkyl halides is 3. The first-order valence-electron chi connectivity index (χ1n) is 8.79. The van der Waals surface area contributed by atoms with E-state index in [9.17, 15) is 35.7 Å². The number of benzene rings is 1. The second-order valence-electron chi connectivity index (χ2n) is 6.64. The number of nitrogens with zero attached hydrogens (tertiary/aromatic N) is 1. The predicted molar refractivity (Wildman–Crippen MR) is 102 cm³/mol. The lowest BCUT2D eigenvalue weighted by molar-refractivity contribution is -0.0384. The fourth-order valence-electron chi connectivity index (χ4n) is 2.71. The van der Waals surface area contributed by atoms with Crippen molar-refractivity contribution in [2.75, 3.05) is 11.1 Å². The van der Waals surface area contributed by atoms with E-state index in [1.165, 1.54) is 19.2 Å². The van der Waals surface area contributed by atoms with Gasteiger partial charge in [-0.2, -0.15) is 13.2 Å². The first-order chi connectivity index (χ1) is 13.9. The van der Waals surface area contributed by atoms with Gasteiger partial charge in [0.2, 0.25) is 0 Å². The number of carbonyl (C=O) groups excluding carboxylic acids is 1. The van der Waals surface area contributed by atoms with Gasteiger partial charge in [-0.1, -0.05) is 6.92 Å². The Morgan fingerprint density at radius 1 is 1.30 bits per heavy atom. The minimum atomic E-state index is -5.03. The molecule has 2 N–H and O–H groups in total. The van der Waals surface area contributed by atoms with Gasteiger partial charge < -0.3 is 10.4 Å². The van der Waals surface area contributed by atoms with E-state index in [0.29, 0.717) is 11.6 Å². The van der Waals surface area contributed by atoms with Gasteiger partial charge in [-0.05, 0) is 48.6 Å². The number of halogens is 3. The number of phenolic OH excluding ortho intramolecular Hbond substituents is 1. The fourth-order valence-corrected chi connectivity index (χ4v) is 4.46. The normalized spacial score (nSPS) is 15.6. The summed E-state index contributed by atoms with van der Waals surface area (Å²) in [7, 11) is -7.20. The number of carbonyl (C=O) groups is 1. The van der Waals surface area contributed by atoms with Gasteiger partial charge in [-0.15, -0.1) is 0 Å². The number of rotatable bonds is 6. The summed E-state index contributed by atoms with van der Waals surface area (Å²) in [4.78, 5) is 15.7. The molecule has 30 heavy (non-hydrogen) atoms. The van der Waals surface area contributed by atoms with Crippen molar-refractivity contribution in [3.05, 3.63) is 41.7 Å². The molecule has 0 aliphatic heterocycles. The first kappa shape index (κ1) is 22.2. The molecule has 1 aliphatic rings. The Labute approximate surface area is 172 Å². The summed E-state index contributed by atoms with van der Waals surface area (Å²) in [6.07, 6.45) is 3.15. The maximum atomic E-state index is 12.7. The van der Waals surface area contributed by atoms with Crippen molar-refractivity contribution < 1.29 is 35.7 Å². The molecule has 1 amide bonds. The van der Waals surface area contributed by atoms with Gasteiger partial charge in [0.25, 0.3) is 5.91 Å². The molecule has 1 unspecified atom stereocenters. The summed E-state index contributed by atoms with van der Waals surface area (Å²) >= 11 is 0. The number of sulfone groups is 1. The van der Waals surface area contributed by atoms with E-state index in [4.69, 9.17) is 0 Å². The third kappa shape index (κ3) is 4.64. The molecule has 2 aromatic rings. The maximum Gasteiger partial charge on any atom is 0.475 e. The molecule has 1 saturated carbocycles.